The Balaban J connectivity index is 2.06. The number of nitrogens with zero attached hydrogens (tertiary/aromatic N) is 1. The smallest absolute Gasteiger partial charge is 0.228 e. The van der Waals surface area contributed by atoms with Crippen LogP contribution in [0.4, 0.5) is 5.69 Å². The van der Waals surface area contributed by atoms with Crippen LogP contribution in [0, 0.1) is 5.92 Å². The lowest BCUT2D eigenvalue weighted by Crippen LogP contribution is -2.44. The Kier molecular flexibility index (Phi) is 5.54. The number of carbonyl (C=O) groups excluding carboxylic acids is 2. The van der Waals surface area contributed by atoms with Gasteiger partial charge >= 0.3 is 0 Å². The molecule has 0 aliphatic carbocycles. The Hall–Kier alpha value is -1.73. The van der Waals surface area contributed by atoms with Crippen molar-refractivity contribution >= 4 is 27.4 Å². The van der Waals surface area contributed by atoms with E-state index >= 15 is 0 Å². The third kappa shape index (κ3) is 4.39. The van der Waals surface area contributed by atoms with Gasteiger partial charge in [-0.3, -0.25) is 9.59 Å². The summed E-state index contributed by atoms with van der Waals surface area (Å²) in [4.78, 5) is 23.8. The average molecular weight is 338 g/mol. The highest BCUT2D eigenvalue weighted by Crippen LogP contribution is 2.21. The van der Waals surface area contributed by atoms with Gasteiger partial charge in [0.2, 0.25) is 15.9 Å². The van der Waals surface area contributed by atoms with Crippen LogP contribution in [0.1, 0.15) is 37.0 Å². The van der Waals surface area contributed by atoms with Crippen molar-refractivity contribution in [3.05, 3.63) is 29.8 Å². The van der Waals surface area contributed by atoms with Gasteiger partial charge < -0.3 is 5.32 Å². The van der Waals surface area contributed by atoms with Gasteiger partial charge in [-0.15, -0.1) is 0 Å². The molecule has 1 fully saturated rings. The van der Waals surface area contributed by atoms with E-state index in [9.17, 15) is 18.0 Å². The molecule has 0 unspecified atom stereocenters. The van der Waals surface area contributed by atoms with Crippen LogP contribution in [-0.2, 0) is 14.8 Å². The number of ketones is 1. The lowest BCUT2D eigenvalue weighted by atomic mass is 9.98. The predicted molar refractivity (Wildman–Crippen MR) is 88.8 cm³/mol. The first kappa shape index (κ1) is 17.6. The van der Waals surface area contributed by atoms with E-state index in [2.05, 4.69) is 5.32 Å². The van der Waals surface area contributed by atoms with Crippen molar-refractivity contribution in [3.8, 4) is 0 Å². The lowest BCUT2D eigenvalue weighted by Gasteiger charge is -2.30. The minimum absolute atomic E-state index is 0.0436. The van der Waals surface area contributed by atoms with Gasteiger partial charge in [0.1, 0.15) is 0 Å². The summed E-state index contributed by atoms with van der Waals surface area (Å²) in [5, 5.41) is 2.78. The lowest BCUT2D eigenvalue weighted by molar-refractivity contribution is -0.120. The molecule has 6 nitrogen and oxygen atoms in total. The number of anilines is 1. The maximum absolute atomic E-state index is 12.4. The van der Waals surface area contributed by atoms with Crippen LogP contribution in [0.2, 0.25) is 0 Å². The van der Waals surface area contributed by atoms with E-state index in [1.807, 2.05) is 0 Å². The van der Waals surface area contributed by atoms with E-state index in [1.54, 1.807) is 31.2 Å². The highest BCUT2D eigenvalue weighted by molar-refractivity contribution is 7.89. The second-order valence-corrected chi connectivity index (χ2v) is 7.98. The quantitative estimate of drug-likeness (QED) is 0.831. The van der Waals surface area contributed by atoms with Crippen molar-refractivity contribution in [2.24, 2.45) is 5.92 Å². The van der Waals surface area contributed by atoms with Gasteiger partial charge in [0.05, 0.1) is 11.7 Å². The summed E-state index contributed by atoms with van der Waals surface area (Å²) >= 11 is 0. The fraction of sp³-hybridized carbons (Fsp3) is 0.500. The van der Waals surface area contributed by atoms with Crippen molar-refractivity contribution in [1.29, 1.82) is 0 Å². The van der Waals surface area contributed by atoms with Crippen LogP contribution >= 0.6 is 0 Å². The molecule has 2 rings (SSSR count). The summed E-state index contributed by atoms with van der Waals surface area (Å²) in [7, 11) is -3.27. The van der Waals surface area contributed by atoms with E-state index in [4.69, 9.17) is 0 Å². The molecule has 0 bridgehead atoms. The Bertz CT molecular complexity index is 700. The van der Waals surface area contributed by atoms with E-state index in [-0.39, 0.29) is 29.9 Å². The van der Waals surface area contributed by atoms with Crippen LogP contribution < -0.4 is 5.32 Å². The molecule has 1 heterocycles. The van der Waals surface area contributed by atoms with Gasteiger partial charge in [0.15, 0.2) is 5.78 Å². The van der Waals surface area contributed by atoms with Gasteiger partial charge in [0, 0.05) is 24.3 Å². The summed E-state index contributed by atoms with van der Waals surface area (Å²) in [5.74, 6) is -0.603. The number of amides is 1. The molecule has 1 atom stereocenters. The topological polar surface area (TPSA) is 83.6 Å². The number of piperidine rings is 1. The Morgan fingerprint density at radius 2 is 2.09 bits per heavy atom. The van der Waals surface area contributed by atoms with Crippen molar-refractivity contribution < 1.29 is 18.0 Å². The third-order valence-electron chi connectivity index (χ3n) is 4.05. The molecule has 126 valence electrons. The van der Waals surface area contributed by atoms with Gasteiger partial charge in [-0.05, 0) is 38.8 Å². The summed E-state index contributed by atoms with van der Waals surface area (Å²) in [5.41, 5.74) is 1.08. The predicted octanol–water partition coefficient (Wildman–Crippen LogP) is 1.89. The molecular weight excluding hydrogens is 316 g/mol. The average Bonchev–Trinajstić information content (AvgIpc) is 2.55. The standard InChI is InChI=1S/C16H22N2O4S/c1-3-23(21,22)18-9-5-7-14(11-18)16(20)17-15-8-4-6-13(10-15)12(2)19/h4,6,8,10,14H,3,5,7,9,11H2,1-2H3,(H,17,20)/t14-/m0/s1. The minimum atomic E-state index is -3.27. The second kappa shape index (κ2) is 7.23. The summed E-state index contributed by atoms with van der Waals surface area (Å²) in [6.45, 7) is 3.76. The van der Waals surface area contributed by atoms with Gasteiger partial charge in [-0.25, -0.2) is 12.7 Å². The third-order valence-corrected chi connectivity index (χ3v) is 5.90. The monoisotopic (exact) mass is 338 g/mol. The van der Waals surface area contributed by atoms with E-state index in [0.29, 0.717) is 30.6 Å². The molecule has 0 radical (unpaired) electrons. The van der Waals surface area contributed by atoms with Crippen molar-refractivity contribution in [1.82, 2.24) is 4.31 Å². The number of hydrogen-bond acceptors (Lipinski definition) is 4. The molecule has 1 saturated heterocycles. The summed E-state index contributed by atoms with van der Waals surface area (Å²) < 4.78 is 25.3. The van der Waals surface area contributed by atoms with E-state index in [1.165, 1.54) is 11.2 Å². The molecule has 1 aromatic rings. The number of benzene rings is 1. The maximum Gasteiger partial charge on any atom is 0.228 e. The molecule has 1 aromatic carbocycles. The number of Topliss-reactive ketones (excluding diaryl/α,β-unsaturated/α-hetero) is 1. The molecule has 0 spiro atoms. The number of nitrogens with one attached hydrogen (secondary N) is 1. The maximum atomic E-state index is 12.4. The Labute approximate surface area is 136 Å². The molecule has 1 N–H and O–H groups in total. The van der Waals surface area contributed by atoms with Crippen molar-refractivity contribution in [3.63, 3.8) is 0 Å². The molecule has 1 amide bonds. The van der Waals surface area contributed by atoms with E-state index in [0.717, 1.165) is 0 Å². The van der Waals surface area contributed by atoms with Gasteiger partial charge in [-0.2, -0.15) is 0 Å². The fourth-order valence-electron chi connectivity index (χ4n) is 2.65. The number of hydrogen-bond donors (Lipinski definition) is 1. The number of rotatable bonds is 5. The SMILES string of the molecule is CCS(=O)(=O)N1CCC[C@H](C(=O)Nc2cccc(C(C)=O)c2)C1. The minimum Gasteiger partial charge on any atom is -0.326 e. The number of carbonyl (C=O) groups is 2. The first-order valence-electron chi connectivity index (χ1n) is 7.73. The summed E-state index contributed by atoms with van der Waals surface area (Å²) in [6.07, 6.45) is 1.33. The van der Waals surface area contributed by atoms with Crippen LogP contribution in [0.5, 0.6) is 0 Å². The molecule has 0 aromatic heterocycles. The van der Waals surface area contributed by atoms with Gasteiger partial charge in [-0.1, -0.05) is 12.1 Å². The zero-order valence-corrected chi connectivity index (χ0v) is 14.2. The van der Waals surface area contributed by atoms with Crippen LogP contribution in [0.15, 0.2) is 24.3 Å². The molecule has 1 aliphatic heterocycles. The normalized spacial score (nSPS) is 19.3. The second-order valence-electron chi connectivity index (χ2n) is 5.72. The van der Waals surface area contributed by atoms with Crippen molar-refractivity contribution in [2.45, 2.75) is 26.7 Å². The highest BCUT2D eigenvalue weighted by atomic mass is 32.2. The van der Waals surface area contributed by atoms with Crippen LogP contribution in [0.3, 0.4) is 0 Å². The van der Waals surface area contributed by atoms with Crippen LogP contribution in [-0.4, -0.2) is 43.3 Å². The fourth-order valence-corrected chi connectivity index (χ4v) is 3.83. The molecule has 23 heavy (non-hydrogen) atoms. The molecule has 7 heteroatoms. The largest absolute Gasteiger partial charge is 0.326 e. The van der Waals surface area contributed by atoms with Gasteiger partial charge in [0.25, 0.3) is 0 Å². The number of sulfonamides is 1. The zero-order valence-electron chi connectivity index (χ0n) is 13.4. The zero-order chi connectivity index (χ0) is 17.0. The Morgan fingerprint density at radius 1 is 1.35 bits per heavy atom. The highest BCUT2D eigenvalue weighted by Gasteiger charge is 2.31. The molecular formula is C16H22N2O4S. The Morgan fingerprint density at radius 3 is 2.74 bits per heavy atom. The summed E-state index contributed by atoms with van der Waals surface area (Å²) in [6, 6.07) is 6.74. The molecule has 1 aliphatic rings. The molecule has 0 saturated carbocycles. The first-order chi connectivity index (χ1) is 10.8. The van der Waals surface area contributed by atoms with Crippen molar-refractivity contribution in [2.75, 3.05) is 24.2 Å². The van der Waals surface area contributed by atoms with E-state index < -0.39 is 10.0 Å². The van der Waals surface area contributed by atoms with Crippen LogP contribution in [0.25, 0.3) is 0 Å². The first-order valence-corrected chi connectivity index (χ1v) is 9.34.